The van der Waals surface area contributed by atoms with Crippen LogP contribution < -0.4 is 9.80 Å². The molecule has 1 aromatic heterocycles. The van der Waals surface area contributed by atoms with Crippen molar-refractivity contribution in [3.05, 3.63) is 12.3 Å². The topological polar surface area (TPSA) is 75.6 Å². The van der Waals surface area contributed by atoms with Gasteiger partial charge in [-0.3, -0.25) is 0 Å². The molecular formula is C13H20N4O3S. The minimum Gasteiger partial charge on any atom is -0.378 e. The van der Waals surface area contributed by atoms with Crippen LogP contribution in [0.5, 0.6) is 0 Å². The minimum absolute atomic E-state index is 0.00226. The molecule has 0 amide bonds. The smallest absolute Gasteiger partial charge is 0.227 e. The van der Waals surface area contributed by atoms with Gasteiger partial charge in [0.2, 0.25) is 5.95 Å². The SMILES string of the molecule is CN(c1ccnc(N2CCOCC2)n1)C1CCS(=O)(=O)C1. The van der Waals surface area contributed by atoms with E-state index in [1.165, 1.54) is 0 Å². The van der Waals surface area contributed by atoms with Crippen LogP contribution in [0.25, 0.3) is 0 Å². The third kappa shape index (κ3) is 3.26. The average molecular weight is 312 g/mol. The maximum absolute atomic E-state index is 11.6. The fourth-order valence-electron chi connectivity index (χ4n) is 2.72. The first-order valence-electron chi connectivity index (χ1n) is 7.14. The molecule has 0 bridgehead atoms. The van der Waals surface area contributed by atoms with E-state index in [4.69, 9.17) is 4.74 Å². The monoisotopic (exact) mass is 312 g/mol. The lowest BCUT2D eigenvalue weighted by Gasteiger charge is -2.29. The average Bonchev–Trinajstić information content (AvgIpc) is 2.88. The summed E-state index contributed by atoms with van der Waals surface area (Å²) in [6, 6.07) is 1.83. The third-order valence-electron chi connectivity index (χ3n) is 4.04. The lowest BCUT2D eigenvalue weighted by Crippen LogP contribution is -2.38. The number of aromatic nitrogens is 2. The van der Waals surface area contributed by atoms with Crippen LogP contribution in [0.1, 0.15) is 6.42 Å². The zero-order valence-corrected chi connectivity index (χ0v) is 12.9. The highest BCUT2D eigenvalue weighted by Gasteiger charge is 2.31. The van der Waals surface area contributed by atoms with Crippen molar-refractivity contribution in [1.82, 2.24) is 9.97 Å². The van der Waals surface area contributed by atoms with Gasteiger partial charge in [0.15, 0.2) is 9.84 Å². The molecule has 7 nitrogen and oxygen atoms in total. The summed E-state index contributed by atoms with van der Waals surface area (Å²) in [6.45, 7) is 2.94. The summed E-state index contributed by atoms with van der Waals surface area (Å²) in [5.74, 6) is 1.93. The Kier molecular flexibility index (Phi) is 3.99. The van der Waals surface area contributed by atoms with E-state index in [-0.39, 0.29) is 17.5 Å². The highest BCUT2D eigenvalue weighted by atomic mass is 32.2. The first kappa shape index (κ1) is 14.5. The highest BCUT2D eigenvalue weighted by Crippen LogP contribution is 2.22. The maximum atomic E-state index is 11.6. The number of anilines is 2. The molecule has 0 radical (unpaired) electrons. The Labute approximate surface area is 124 Å². The summed E-state index contributed by atoms with van der Waals surface area (Å²) in [5.41, 5.74) is 0. The highest BCUT2D eigenvalue weighted by molar-refractivity contribution is 7.91. The Morgan fingerprint density at radius 1 is 1.38 bits per heavy atom. The van der Waals surface area contributed by atoms with E-state index >= 15 is 0 Å². The predicted octanol–water partition coefficient (Wildman–Crippen LogP) is -0.0635. The van der Waals surface area contributed by atoms with Gasteiger partial charge in [-0.25, -0.2) is 13.4 Å². The second-order valence-electron chi connectivity index (χ2n) is 5.48. The summed E-state index contributed by atoms with van der Waals surface area (Å²) in [6.07, 6.45) is 2.39. The van der Waals surface area contributed by atoms with Gasteiger partial charge >= 0.3 is 0 Å². The van der Waals surface area contributed by atoms with Gasteiger partial charge < -0.3 is 14.5 Å². The lowest BCUT2D eigenvalue weighted by molar-refractivity contribution is 0.122. The van der Waals surface area contributed by atoms with E-state index in [1.54, 1.807) is 6.20 Å². The zero-order valence-electron chi connectivity index (χ0n) is 12.1. The molecule has 2 aliphatic rings. The van der Waals surface area contributed by atoms with Gasteiger partial charge in [0.1, 0.15) is 5.82 Å². The van der Waals surface area contributed by atoms with E-state index in [1.807, 2.05) is 18.0 Å². The Balaban J connectivity index is 1.76. The summed E-state index contributed by atoms with van der Waals surface area (Å²) in [5, 5.41) is 0. The second-order valence-corrected chi connectivity index (χ2v) is 7.71. The largest absolute Gasteiger partial charge is 0.378 e. The fourth-order valence-corrected chi connectivity index (χ4v) is 4.49. The maximum Gasteiger partial charge on any atom is 0.227 e. The molecule has 0 spiro atoms. The van der Waals surface area contributed by atoms with Crippen LogP contribution in [-0.2, 0) is 14.6 Å². The molecule has 3 rings (SSSR count). The molecule has 1 unspecified atom stereocenters. The number of nitrogens with zero attached hydrogens (tertiary/aromatic N) is 4. The van der Waals surface area contributed by atoms with Crippen LogP contribution in [0.4, 0.5) is 11.8 Å². The minimum atomic E-state index is -2.89. The van der Waals surface area contributed by atoms with E-state index in [9.17, 15) is 8.42 Å². The molecule has 3 heterocycles. The number of rotatable bonds is 3. The number of ether oxygens (including phenoxy) is 1. The van der Waals surface area contributed by atoms with Crippen LogP contribution in [0, 0.1) is 0 Å². The number of sulfone groups is 1. The van der Waals surface area contributed by atoms with Gasteiger partial charge in [-0.2, -0.15) is 4.98 Å². The van der Waals surface area contributed by atoms with Crippen molar-refractivity contribution in [3.63, 3.8) is 0 Å². The Bertz CT molecular complexity index is 601. The van der Waals surface area contributed by atoms with Gasteiger partial charge in [-0.05, 0) is 12.5 Å². The predicted molar refractivity (Wildman–Crippen MR) is 80.5 cm³/mol. The first-order valence-corrected chi connectivity index (χ1v) is 8.96. The molecule has 2 fully saturated rings. The molecule has 21 heavy (non-hydrogen) atoms. The van der Waals surface area contributed by atoms with Gasteiger partial charge in [0.25, 0.3) is 0 Å². The third-order valence-corrected chi connectivity index (χ3v) is 5.79. The molecule has 0 aromatic carbocycles. The number of morpholine rings is 1. The van der Waals surface area contributed by atoms with Gasteiger partial charge in [-0.1, -0.05) is 0 Å². The molecule has 1 aromatic rings. The Morgan fingerprint density at radius 3 is 2.81 bits per heavy atom. The molecule has 1 atom stereocenters. The van der Waals surface area contributed by atoms with E-state index in [2.05, 4.69) is 14.9 Å². The van der Waals surface area contributed by atoms with Crippen LogP contribution in [0.15, 0.2) is 12.3 Å². The fraction of sp³-hybridized carbons (Fsp3) is 0.692. The number of hydrogen-bond donors (Lipinski definition) is 0. The molecule has 116 valence electrons. The van der Waals surface area contributed by atoms with Crippen LogP contribution in [0.2, 0.25) is 0 Å². The van der Waals surface area contributed by atoms with Crippen molar-refractivity contribution in [2.24, 2.45) is 0 Å². The standard InChI is InChI=1S/C13H20N4O3S/c1-16(11-3-9-21(18,19)10-11)12-2-4-14-13(15-12)17-5-7-20-8-6-17/h2,4,11H,3,5-10H2,1H3. The van der Waals surface area contributed by atoms with Crippen molar-refractivity contribution in [1.29, 1.82) is 0 Å². The van der Waals surface area contributed by atoms with Crippen molar-refractivity contribution >= 4 is 21.6 Å². The quantitative estimate of drug-likeness (QED) is 0.773. The first-order chi connectivity index (χ1) is 10.1. The van der Waals surface area contributed by atoms with E-state index < -0.39 is 9.84 Å². The van der Waals surface area contributed by atoms with Gasteiger partial charge in [0, 0.05) is 32.4 Å². The van der Waals surface area contributed by atoms with Crippen molar-refractivity contribution in [3.8, 4) is 0 Å². The van der Waals surface area contributed by atoms with E-state index in [0.717, 1.165) is 18.9 Å². The van der Waals surface area contributed by atoms with Gasteiger partial charge in [0.05, 0.1) is 24.7 Å². The molecule has 0 saturated carbocycles. The van der Waals surface area contributed by atoms with Crippen LogP contribution >= 0.6 is 0 Å². The number of hydrogen-bond acceptors (Lipinski definition) is 7. The Morgan fingerprint density at radius 2 is 2.14 bits per heavy atom. The Hall–Kier alpha value is -1.41. The molecule has 2 aliphatic heterocycles. The second kappa shape index (κ2) is 5.76. The van der Waals surface area contributed by atoms with Crippen LogP contribution in [0.3, 0.4) is 0 Å². The van der Waals surface area contributed by atoms with Crippen LogP contribution in [-0.4, -0.2) is 69.3 Å². The molecular weight excluding hydrogens is 292 g/mol. The lowest BCUT2D eigenvalue weighted by atomic mass is 10.2. The van der Waals surface area contributed by atoms with Crippen molar-refractivity contribution in [2.75, 3.05) is 54.7 Å². The molecule has 8 heteroatoms. The van der Waals surface area contributed by atoms with E-state index in [0.29, 0.717) is 25.6 Å². The normalized spacial score (nSPS) is 25.0. The molecule has 0 N–H and O–H groups in total. The van der Waals surface area contributed by atoms with Gasteiger partial charge in [-0.15, -0.1) is 0 Å². The summed E-state index contributed by atoms with van der Waals surface area (Å²) in [4.78, 5) is 12.9. The summed E-state index contributed by atoms with van der Waals surface area (Å²) in [7, 11) is -0.991. The van der Waals surface area contributed by atoms with Crippen molar-refractivity contribution < 1.29 is 13.2 Å². The van der Waals surface area contributed by atoms with Crippen molar-refractivity contribution in [2.45, 2.75) is 12.5 Å². The molecule has 0 aliphatic carbocycles. The summed E-state index contributed by atoms with van der Waals surface area (Å²) < 4.78 is 28.5. The summed E-state index contributed by atoms with van der Waals surface area (Å²) >= 11 is 0. The zero-order chi connectivity index (χ0) is 14.9. The molecule has 2 saturated heterocycles.